The second kappa shape index (κ2) is 9.59. The summed E-state index contributed by atoms with van der Waals surface area (Å²) in [6.07, 6.45) is 6.31. The lowest BCUT2D eigenvalue weighted by Gasteiger charge is -2.22. The molecule has 1 unspecified atom stereocenters. The van der Waals surface area contributed by atoms with Crippen LogP contribution >= 0.6 is 11.6 Å². The first-order valence-electron chi connectivity index (χ1n) is 11.0. The third kappa shape index (κ3) is 5.41. The van der Waals surface area contributed by atoms with Crippen molar-refractivity contribution in [1.29, 1.82) is 0 Å². The molecule has 4 heterocycles. The van der Waals surface area contributed by atoms with Crippen molar-refractivity contribution in [3.05, 3.63) is 53.7 Å². The molecule has 0 aliphatic rings. The van der Waals surface area contributed by atoms with Crippen LogP contribution in [0.15, 0.2) is 43.1 Å². The number of nitrogens with zero attached hydrogens (tertiary/aromatic N) is 6. The molecule has 12 heteroatoms. The normalized spacial score (nSPS) is 12.8. The highest BCUT2D eigenvalue weighted by molar-refractivity contribution is 6.31. The van der Waals surface area contributed by atoms with Gasteiger partial charge in [0, 0.05) is 36.1 Å². The number of fused-ring (bicyclic) bond motifs is 1. The Morgan fingerprint density at radius 1 is 1.17 bits per heavy atom. The van der Waals surface area contributed by atoms with Crippen molar-refractivity contribution < 1.29 is 14.3 Å². The van der Waals surface area contributed by atoms with Gasteiger partial charge in [-0.25, -0.2) is 14.4 Å². The number of aromatic nitrogens is 6. The smallest absolute Gasteiger partial charge is 0.255 e. The van der Waals surface area contributed by atoms with E-state index in [0.29, 0.717) is 27.9 Å². The zero-order chi connectivity index (χ0) is 25.3. The zero-order valence-corrected chi connectivity index (χ0v) is 20.5. The van der Waals surface area contributed by atoms with E-state index in [0.717, 1.165) is 5.39 Å². The topological polar surface area (TPSA) is 123 Å². The van der Waals surface area contributed by atoms with Gasteiger partial charge in [-0.3, -0.25) is 9.48 Å². The molecule has 0 fully saturated rings. The van der Waals surface area contributed by atoms with Gasteiger partial charge in [0.2, 0.25) is 0 Å². The molecular weight excluding hydrogens is 475 g/mol. The maximum absolute atomic E-state index is 14.2. The van der Waals surface area contributed by atoms with E-state index in [-0.39, 0.29) is 18.2 Å². The van der Waals surface area contributed by atoms with Gasteiger partial charge < -0.3 is 15.7 Å². The van der Waals surface area contributed by atoms with Crippen molar-refractivity contribution in [2.45, 2.75) is 45.5 Å². The molecule has 0 aliphatic heterocycles. The maximum atomic E-state index is 14.2. The average molecular weight is 501 g/mol. The van der Waals surface area contributed by atoms with E-state index in [2.05, 4.69) is 30.8 Å². The number of carbonyl (C=O) groups excluding carboxylic acids is 1. The highest BCUT2D eigenvalue weighted by Crippen LogP contribution is 2.25. The minimum absolute atomic E-state index is 0.151. The quantitative estimate of drug-likeness (QED) is 0.336. The van der Waals surface area contributed by atoms with Gasteiger partial charge in [-0.05, 0) is 33.8 Å². The lowest BCUT2D eigenvalue weighted by atomic mass is 10.0. The number of carbonyl (C=O) groups is 1. The third-order valence-electron chi connectivity index (χ3n) is 5.34. The second-order valence-corrected chi connectivity index (χ2v) is 9.41. The van der Waals surface area contributed by atoms with Crippen LogP contribution in [-0.2, 0) is 0 Å². The van der Waals surface area contributed by atoms with Gasteiger partial charge in [-0.2, -0.15) is 14.9 Å². The largest absolute Gasteiger partial charge is 0.387 e. The number of nitrogens with one attached hydrogen (secondary N) is 2. The first-order chi connectivity index (χ1) is 16.5. The highest BCUT2D eigenvalue weighted by atomic mass is 35.5. The van der Waals surface area contributed by atoms with Crippen LogP contribution in [0.1, 0.15) is 44.1 Å². The standard InChI is InChI=1S/C23H26ClFN8O2/c1-13(2)32-12-16(9-29-32)31-18-6-20(33-21-14(7-30-33)5-15(24)8-27-21)26-10-17(18)22(34)28-11-19(25)23(3,4)35/h5-10,12-13,19,35H,11H2,1-4H3,(H,26,31)(H,28,34). The minimum Gasteiger partial charge on any atom is -0.387 e. The van der Waals surface area contributed by atoms with Crippen LogP contribution < -0.4 is 10.6 Å². The predicted octanol–water partition coefficient (Wildman–Crippen LogP) is 3.83. The van der Waals surface area contributed by atoms with Crippen molar-refractivity contribution in [2.24, 2.45) is 0 Å². The number of halogens is 2. The SMILES string of the molecule is CC(C)n1cc(Nc2cc(-n3ncc4cc(Cl)cnc43)ncc2C(=O)NCC(F)C(C)(C)O)cn1. The monoisotopic (exact) mass is 500 g/mol. The van der Waals surface area contributed by atoms with Crippen molar-refractivity contribution >= 4 is 39.9 Å². The number of rotatable bonds is 8. The lowest BCUT2D eigenvalue weighted by molar-refractivity contribution is -0.00177. The van der Waals surface area contributed by atoms with Crippen LogP contribution in [0.4, 0.5) is 15.8 Å². The molecule has 35 heavy (non-hydrogen) atoms. The number of hydrogen-bond acceptors (Lipinski definition) is 7. The summed E-state index contributed by atoms with van der Waals surface area (Å²) in [5.41, 5.74) is 0.204. The Morgan fingerprint density at radius 2 is 1.94 bits per heavy atom. The van der Waals surface area contributed by atoms with Gasteiger partial charge in [0.25, 0.3) is 5.91 Å². The van der Waals surface area contributed by atoms with Crippen LogP contribution in [0, 0.1) is 0 Å². The molecule has 4 aromatic heterocycles. The summed E-state index contributed by atoms with van der Waals surface area (Å²) >= 11 is 6.03. The van der Waals surface area contributed by atoms with E-state index in [4.69, 9.17) is 11.6 Å². The molecular formula is C23H26ClFN8O2. The summed E-state index contributed by atoms with van der Waals surface area (Å²) in [4.78, 5) is 21.7. The van der Waals surface area contributed by atoms with E-state index in [9.17, 15) is 14.3 Å². The van der Waals surface area contributed by atoms with Crippen LogP contribution in [0.3, 0.4) is 0 Å². The Labute approximate surface area is 206 Å². The summed E-state index contributed by atoms with van der Waals surface area (Å²) in [5, 5.41) is 25.4. The third-order valence-corrected chi connectivity index (χ3v) is 5.55. The van der Waals surface area contributed by atoms with Crippen LogP contribution in [-0.4, -0.2) is 58.9 Å². The molecule has 0 aliphatic carbocycles. The number of pyridine rings is 2. The molecule has 4 rings (SSSR count). The van der Waals surface area contributed by atoms with E-state index in [1.165, 1.54) is 30.9 Å². The zero-order valence-electron chi connectivity index (χ0n) is 19.7. The van der Waals surface area contributed by atoms with Gasteiger partial charge >= 0.3 is 0 Å². The lowest BCUT2D eigenvalue weighted by Crippen LogP contribution is -2.42. The number of alkyl halides is 1. The molecule has 0 aromatic carbocycles. The summed E-state index contributed by atoms with van der Waals surface area (Å²) in [6.45, 7) is 6.32. The molecule has 0 saturated heterocycles. The number of hydrogen-bond donors (Lipinski definition) is 3. The Bertz CT molecular complexity index is 1360. The van der Waals surface area contributed by atoms with Gasteiger partial charge in [0.15, 0.2) is 11.5 Å². The Kier molecular flexibility index (Phi) is 6.73. The minimum atomic E-state index is -1.65. The highest BCUT2D eigenvalue weighted by Gasteiger charge is 2.27. The summed E-state index contributed by atoms with van der Waals surface area (Å²) in [5.74, 6) is -0.144. The Hall–Kier alpha value is -3.57. The first kappa shape index (κ1) is 24.6. The molecule has 4 aromatic rings. The Morgan fingerprint density at radius 3 is 2.63 bits per heavy atom. The second-order valence-electron chi connectivity index (χ2n) is 8.97. The first-order valence-corrected chi connectivity index (χ1v) is 11.4. The van der Waals surface area contributed by atoms with E-state index < -0.39 is 17.7 Å². The Balaban J connectivity index is 1.70. The predicted molar refractivity (Wildman–Crippen MR) is 131 cm³/mol. The fourth-order valence-corrected chi connectivity index (χ4v) is 3.44. The van der Waals surface area contributed by atoms with Gasteiger partial charge in [0.1, 0.15) is 6.17 Å². The van der Waals surface area contributed by atoms with Crippen molar-refractivity contribution in [3.8, 4) is 5.82 Å². The summed E-state index contributed by atoms with van der Waals surface area (Å²) < 4.78 is 17.5. The summed E-state index contributed by atoms with van der Waals surface area (Å²) in [7, 11) is 0. The van der Waals surface area contributed by atoms with Crippen LogP contribution in [0.2, 0.25) is 5.02 Å². The van der Waals surface area contributed by atoms with E-state index in [1.54, 1.807) is 29.2 Å². The van der Waals surface area contributed by atoms with Gasteiger partial charge in [0.05, 0.1) is 46.5 Å². The molecule has 0 radical (unpaired) electrons. The molecule has 0 saturated carbocycles. The maximum Gasteiger partial charge on any atom is 0.255 e. The van der Waals surface area contributed by atoms with Crippen LogP contribution in [0.25, 0.3) is 16.9 Å². The molecule has 3 N–H and O–H groups in total. The molecule has 0 bridgehead atoms. The van der Waals surface area contributed by atoms with Crippen LogP contribution in [0.5, 0.6) is 0 Å². The summed E-state index contributed by atoms with van der Waals surface area (Å²) in [6, 6.07) is 3.54. The number of anilines is 2. The molecule has 0 spiro atoms. The fourth-order valence-electron chi connectivity index (χ4n) is 3.27. The van der Waals surface area contributed by atoms with Gasteiger partial charge in [-0.15, -0.1) is 0 Å². The molecule has 1 amide bonds. The number of amides is 1. The molecule has 184 valence electrons. The number of aliphatic hydroxyl groups is 1. The van der Waals surface area contributed by atoms with E-state index >= 15 is 0 Å². The fraction of sp³-hybridized carbons (Fsp3) is 0.348. The van der Waals surface area contributed by atoms with Crippen molar-refractivity contribution in [2.75, 3.05) is 11.9 Å². The van der Waals surface area contributed by atoms with Crippen molar-refractivity contribution in [1.82, 2.24) is 34.8 Å². The molecule has 10 nitrogen and oxygen atoms in total. The van der Waals surface area contributed by atoms with E-state index in [1.807, 2.05) is 20.0 Å². The average Bonchev–Trinajstić information content (AvgIpc) is 3.43. The van der Waals surface area contributed by atoms with Crippen molar-refractivity contribution in [3.63, 3.8) is 0 Å². The molecule has 1 atom stereocenters. The van der Waals surface area contributed by atoms with Gasteiger partial charge in [-0.1, -0.05) is 11.6 Å².